The molecule has 3 nitrogen and oxygen atoms in total. The number of aryl methyl sites for hydroxylation is 1. The summed E-state index contributed by atoms with van der Waals surface area (Å²) in [7, 11) is 2.20. The van der Waals surface area contributed by atoms with Gasteiger partial charge >= 0.3 is 0 Å². The van der Waals surface area contributed by atoms with Crippen LogP contribution in [0.3, 0.4) is 0 Å². The highest BCUT2D eigenvalue weighted by Gasteiger charge is 2.16. The standard InChI is InChI=1S/C25H33N3/c1-8-17(2)16-28(7)24-18(3)13-27-23-10-9-19(12-22(23)24)20-11-21(15-26-14-20)25(4,5)6/h9-15,17H,8,16H2,1-7H3. The Labute approximate surface area is 169 Å². The van der Waals surface area contributed by atoms with Gasteiger partial charge in [0.05, 0.1) is 11.2 Å². The van der Waals surface area contributed by atoms with Gasteiger partial charge in [-0.05, 0) is 53.1 Å². The van der Waals surface area contributed by atoms with Crippen LogP contribution in [-0.4, -0.2) is 23.6 Å². The molecule has 0 amide bonds. The lowest BCUT2D eigenvalue weighted by atomic mass is 9.87. The first-order valence-corrected chi connectivity index (χ1v) is 10.3. The molecule has 1 atom stereocenters. The van der Waals surface area contributed by atoms with Crippen LogP contribution in [0, 0.1) is 12.8 Å². The van der Waals surface area contributed by atoms with E-state index in [9.17, 15) is 0 Å². The van der Waals surface area contributed by atoms with Gasteiger partial charge in [-0.2, -0.15) is 0 Å². The highest BCUT2D eigenvalue weighted by molar-refractivity contribution is 5.96. The molecule has 0 aliphatic rings. The van der Waals surface area contributed by atoms with Crippen LogP contribution >= 0.6 is 0 Å². The predicted octanol–water partition coefficient (Wildman–Crippen LogP) is 6.39. The van der Waals surface area contributed by atoms with Crippen molar-refractivity contribution in [2.75, 3.05) is 18.5 Å². The van der Waals surface area contributed by atoms with Crippen molar-refractivity contribution >= 4 is 16.6 Å². The number of hydrogen-bond acceptors (Lipinski definition) is 3. The smallest absolute Gasteiger partial charge is 0.0723 e. The van der Waals surface area contributed by atoms with E-state index in [0.717, 1.165) is 17.6 Å². The zero-order valence-corrected chi connectivity index (χ0v) is 18.4. The molecule has 0 aliphatic heterocycles. The van der Waals surface area contributed by atoms with Gasteiger partial charge in [0.1, 0.15) is 0 Å². The third-order valence-corrected chi connectivity index (χ3v) is 5.62. The van der Waals surface area contributed by atoms with E-state index in [0.29, 0.717) is 5.92 Å². The van der Waals surface area contributed by atoms with E-state index in [1.807, 2.05) is 18.6 Å². The fourth-order valence-corrected chi connectivity index (χ4v) is 3.66. The molecule has 1 aromatic carbocycles. The molecule has 0 bridgehead atoms. The minimum absolute atomic E-state index is 0.0830. The van der Waals surface area contributed by atoms with Gasteiger partial charge in [-0.25, -0.2) is 0 Å². The second-order valence-electron chi connectivity index (χ2n) is 9.13. The maximum Gasteiger partial charge on any atom is 0.0723 e. The normalized spacial score (nSPS) is 13.0. The van der Waals surface area contributed by atoms with Gasteiger partial charge in [-0.15, -0.1) is 0 Å². The van der Waals surface area contributed by atoms with E-state index in [-0.39, 0.29) is 5.41 Å². The number of pyridine rings is 2. The van der Waals surface area contributed by atoms with Crippen molar-refractivity contribution in [1.82, 2.24) is 9.97 Å². The van der Waals surface area contributed by atoms with Gasteiger partial charge in [-0.3, -0.25) is 9.97 Å². The molecule has 0 spiro atoms. The molecule has 1 unspecified atom stereocenters. The Balaban J connectivity index is 2.12. The van der Waals surface area contributed by atoms with Crippen molar-refractivity contribution < 1.29 is 0 Å². The van der Waals surface area contributed by atoms with E-state index >= 15 is 0 Å². The summed E-state index contributed by atoms with van der Waals surface area (Å²) in [6.07, 6.45) is 7.11. The zero-order chi connectivity index (χ0) is 20.5. The van der Waals surface area contributed by atoms with E-state index < -0.39 is 0 Å². The number of benzene rings is 1. The van der Waals surface area contributed by atoms with Crippen molar-refractivity contribution in [3.8, 4) is 11.1 Å². The molecule has 3 aromatic rings. The first-order chi connectivity index (χ1) is 13.2. The summed E-state index contributed by atoms with van der Waals surface area (Å²) < 4.78 is 0. The van der Waals surface area contributed by atoms with Crippen LogP contribution in [0.2, 0.25) is 0 Å². The Kier molecular flexibility index (Phi) is 5.74. The van der Waals surface area contributed by atoms with Crippen molar-refractivity contribution in [2.45, 2.75) is 53.4 Å². The molecule has 0 fully saturated rings. The molecule has 2 aromatic heterocycles. The summed E-state index contributed by atoms with van der Waals surface area (Å²) in [5, 5.41) is 1.21. The van der Waals surface area contributed by atoms with E-state index in [1.165, 1.54) is 34.2 Å². The first-order valence-electron chi connectivity index (χ1n) is 10.3. The maximum atomic E-state index is 4.67. The molecule has 0 saturated heterocycles. The number of aromatic nitrogens is 2. The van der Waals surface area contributed by atoms with Crippen LogP contribution in [-0.2, 0) is 5.41 Å². The molecule has 2 heterocycles. The van der Waals surface area contributed by atoms with E-state index in [4.69, 9.17) is 0 Å². The van der Waals surface area contributed by atoms with Crippen molar-refractivity contribution in [2.24, 2.45) is 5.92 Å². The predicted molar refractivity (Wildman–Crippen MR) is 121 cm³/mol. The summed E-state index contributed by atoms with van der Waals surface area (Å²) in [6.45, 7) is 14.4. The number of rotatable bonds is 5. The van der Waals surface area contributed by atoms with Crippen LogP contribution in [0.5, 0.6) is 0 Å². The van der Waals surface area contributed by atoms with Crippen LogP contribution in [0.25, 0.3) is 22.0 Å². The fraction of sp³-hybridized carbons (Fsp3) is 0.440. The van der Waals surface area contributed by atoms with Gasteiger partial charge in [0.15, 0.2) is 0 Å². The van der Waals surface area contributed by atoms with Gasteiger partial charge in [-0.1, -0.05) is 47.1 Å². The molecule has 28 heavy (non-hydrogen) atoms. The number of anilines is 1. The molecular formula is C25H33N3. The number of fused-ring (bicyclic) bond motifs is 1. The van der Waals surface area contributed by atoms with E-state index in [2.05, 4.69) is 87.7 Å². The third-order valence-electron chi connectivity index (χ3n) is 5.62. The van der Waals surface area contributed by atoms with E-state index in [1.54, 1.807) is 0 Å². The maximum absolute atomic E-state index is 4.67. The lowest BCUT2D eigenvalue weighted by Crippen LogP contribution is -2.24. The van der Waals surface area contributed by atoms with Gasteiger partial charge in [0, 0.05) is 43.1 Å². The second kappa shape index (κ2) is 7.90. The first kappa shape index (κ1) is 20.3. The Hall–Kier alpha value is -2.42. The SMILES string of the molecule is CCC(C)CN(C)c1c(C)cnc2ccc(-c3cncc(C(C)(C)C)c3)cc12. The van der Waals surface area contributed by atoms with Gasteiger partial charge in [0.2, 0.25) is 0 Å². The molecule has 0 saturated carbocycles. The molecular weight excluding hydrogens is 342 g/mol. The summed E-state index contributed by atoms with van der Waals surface area (Å²) in [6, 6.07) is 8.84. The quantitative estimate of drug-likeness (QED) is 0.518. The topological polar surface area (TPSA) is 29.0 Å². The minimum atomic E-state index is 0.0830. The molecule has 0 N–H and O–H groups in total. The average Bonchev–Trinajstić information content (AvgIpc) is 2.66. The zero-order valence-electron chi connectivity index (χ0n) is 18.4. The lowest BCUT2D eigenvalue weighted by molar-refractivity contribution is 0.560. The minimum Gasteiger partial charge on any atom is -0.374 e. The van der Waals surface area contributed by atoms with Crippen LogP contribution in [0.15, 0.2) is 42.9 Å². The number of nitrogens with zero attached hydrogens (tertiary/aromatic N) is 3. The largest absolute Gasteiger partial charge is 0.374 e. The lowest BCUT2D eigenvalue weighted by Gasteiger charge is -2.26. The highest BCUT2D eigenvalue weighted by Crippen LogP contribution is 2.33. The summed E-state index contributed by atoms with van der Waals surface area (Å²) in [5.41, 5.74) is 7.23. The Morgan fingerprint density at radius 2 is 1.79 bits per heavy atom. The number of hydrogen-bond donors (Lipinski definition) is 0. The van der Waals surface area contributed by atoms with Crippen LogP contribution < -0.4 is 4.90 Å². The Morgan fingerprint density at radius 3 is 2.46 bits per heavy atom. The summed E-state index contributed by atoms with van der Waals surface area (Å²) in [5.74, 6) is 0.656. The molecule has 3 rings (SSSR count). The fourth-order valence-electron chi connectivity index (χ4n) is 3.66. The third kappa shape index (κ3) is 4.19. The molecule has 0 radical (unpaired) electrons. The molecule has 148 valence electrons. The monoisotopic (exact) mass is 375 g/mol. The van der Waals surface area contributed by atoms with Crippen molar-refractivity contribution in [3.63, 3.8) is 0 Å². The van der Waals surface area contributed by atoms with Crippen LogP contribution in [0.1, 0.15) is 52.2 Å². The van der Waals surface area contributed by atoms with Gasteiger partial charge < -0.3 is 4.90 Å². The Bertz CT molecular complexity index is 969. The van der Waals surface area contributed by atoms with Crippen molar-refractivity contribution in [3.05, 3.63) is 54.0 Å². The average molecular weight is 376 g/mol. The Morgan fingerprint density at radius 1 is 1.04 bits per heavy atom. The second-order valence-corrected chi connectivity index (χ2v) is 9.13. The summed E-state index contributed by atoms with van der Waals surface area (Å²) in [4.78, 5) is 11.6. The summed E-state index contributed by atoms with van der Waals surface area (Å²) >= 11 is 0. The molecule has 3 heteroatoms. The molecule has 0 aliphatic carbocycles. The van der Waals surface area contributed by atoms with Gasteiger partial charge in [0.25, 0.3) is 0 Å². The highest BCUT2D eigenvalue weighted by atomic mass is 15.1. The van der Waals surface area contributed by atoms with Crippen molar-refractivity contribution in [1.29, 1.82) is 0 Å². The van der Waals surface area contributed by atoms with Crippen LogP contribution in [0.4, 0.5) is 5.69 Å².